The highest BCUT2D eigenvalue weighted by Crippen LogP contribution is 1.88. The third-order valence-electron chi connectivity index (χ3n) is 0.117. The van der Waals surface area contributed by atoms with Gasteiger partial charge in [0.1, 0.15) is 0 Å². The molecule has 0 atom stereocenters. The van der Waals surface area contributed by atoms with Gasteiger partial charge >= 0.3 is 0 Å². The second-order valence-corrected chi connectivity index (χ2v) is 0.545. The summed E-state index contributed by atoms with van der Waals surface area (Å²) >= 11 is 0. The lowest BCUT2D eigenvalue weighted by molar-refractivity contribution is 0.113. The summed E-state index contributed by atoms with van der Waals surface area (Å²) in [5.41, 5.74) is 0. The van der Waals surface area contributed by atoms with Crippen molar-refractivity contribution in [1.29, 1.82) is 0 Å². The molecule has 0 unspecified atom stereocenters. The summed E-state index contributed by atoms with van der Waals surface area (Å²) in [6.45, 7) is -1.53. The minimum absolute atomic E-state index is 0. The summed E-state index contributed by atoms with van der Waals surface area (Å²) in [6.07, 6.45) is -2.78. The van der Waals surface area contributed by atoms with E-state index in [0.717, 1.165) is 0 Å². The highest BCUT2D eigenvalue weighted by Gasteiger charge is 1.95. The number of hydrogen-bond acceptors (Lipinski definition) is 0. The summed E-state index contributed by atoms with van der Waals surface area (Å²) in [4.78, 5) is 0. The highest BCUT2D eigenvalue weighted by atomic mass is 35.5. The van der Waals surface area contributed by atoms with Crippen LogP contribution in [0, 0.1) is 0 Å². The van der Waals surface area contributed by atoms with Crippen LogP contribution >= 0.6 is 24.8 Å². The van der Waals surface area contributed by atoms with Crippen molar-refractivity contribution in [3.8, 4) is 0 Å². The Morgan fingerprint density at radius 3 is 1.29 bits per heavy atom. The lowest BCUT2D eigenvalue weighted by Gasteiger charge is -1.78. The molecule has 5 heteroatoms. The summed E-state index contributed by atoms with van der Waals surface area (Å²) in [7, 11) is 0. The molecule has 0 amide bonds. The molecular formula is C2H5Cl2F3. The Bertz CT molecular complexity index is 24.9. The summed E-state index contributed by atoms with van der Waals surface area (Å²) < 4.78 is 31.1. The maximum absolute atomic E-state index is 10.4. The second-order valence-electron chi connectivity index (χ2n) is 0.545. The standard InChI is InChI=1S/C2H3F3.2ClH/c3-1-2(4)5;;/h2H,1H2;2*1H. The van der Waals surface area contributed by atoms with Gasteiger partial charge in [0, 0.05) is 0 Å². The van der Waals surface area contributed by atoms with Crippen LogP contribution in [0.4, 0.5) is 13.2 Å². The molecule has 0 aromatic rings. The van der Waals surface area contributed by atoms with Gasteiger partial charge in [-0.2, -0.15) is 0 Å². The Labute approximate surface area is 51.9 Å². The molecule has 0 aliphatic heterocycles. The zero-order valence-corrected chi connectivity index (χ0v) is 4.87. The fourth-order valence-corrected chi connectivity index (χ4v) is 0. The van der Waals surface area contributed by atoms with Gasteiger partial charge in [0.15, 0.2) is 6.67 Å². The van der Waals surface area contributed by atoms with Crippen molar-refractivity contribution >= 4 is 24.8 Å². The Balaban J connectivity index is -0.0000000800. The van der Waals surface area contributed by atoms with Gasteiger partial charge in [-0.3, -0.25) is 0 Å². The number of hydrogen-bond donors (Lipinski definition) is 0. The van der Waals surface area contributed by atoms with Gasteiger partial charge in [-0.1, -0.05) is 0 Å². The Morgan fingerprint density at radius 2 is 1.29 bits per heavy atom. The maximum atomic E-state index is 10.4. The predicted molar refractivity (Wildman–Crippen MR) is 26.5 cm³/mol. The van der Waals surface area contributed by atoms with Gasteiger partial charge in [0.2, 0.25) is 0 Å². The zero-order chi connectivity index (χ0) is 4.28. The second kappa shape index (κ2) is 9.62. The molecule has 48 valence electrons. The molecule has 0 fully saturated rings. The molecule has 0 aliphatic carbocycles. The van der Waals surface area contributed by atoms with Crippen molar-refractivity contribution < 1.29 is 13.2 Å². The van der Waals surface area contributed by atoms with Crippen molar-refractivity contribution in [2.24, 2.45) is 0 Å². The molecule has 0 aromatic heterocycles. The average molecular weight is 157 g/mol. The molecule has 0 N–H and O–H groups in total. The van der Waals surface area contributed by atoms with E-state index >= 15 is 0 Å². The van der Waals surface area contributed by atoms with E-state index in [4.69, 9.17) is 0 Å². The lowest BCUT2D eigenvalue weighted by Crippen LogP contribution is -1.88. The highest BCUT2D eigenvalue weighted by molar-refractivity contribution is 5.85. The smallest absolute Gasteiger partial charge is 0.245 e. The van der Waals surface area contributed by atoms with E-state index in [0.29, 0.717) is 0 Å². The molecule has 0 saturated carbocycles. The van der Waals surface area contributed by atoms with E-state index in [1.54, 1.807) is 0 Å². The van der Waals surface area contributed by atoms with Crippen molar-refractivity contribution in [2.45, 2.75) is 6.43 Å². The van der Waals surface area contributed by atoms with Crippen LogP contribution in [0.5, 0.6) is 0 Å². The van der Waals surface area contributed by atoms with Crippen LogP contribution in [0.25, 0.3) is 0 Å². The fourth-order valence-electron chi connectivity index (χ4n) is 0. The molecule has 0 radical (unpaired) electrons. The first-order chi connectivity index (χ1) is 2.27. The molecule has 0 saturated heterocycles. The quantitative estimate of drug-likeness (QED) is 0.546. The van der Waals surface area contributed by atoms with Gasteiger partial charge in [0.05, 0.1) is 0 Å². The third kappa shape index (κ3) is 21.7. The largest absolute Gasteiger partial charge is 0.266 e. The molecule has 0 rings (SSSR count). The van der Waals surface area contributed by atoms with Crippen LogP contribution in [0.3, 0.4) is 0 Å². The molecule has 0 bridgehead atoms. The van der Waals surface area contributed by atoms with Crippen LogP contribution in [0.2, 0.25) is 0 Å². The van der Waals surface area contributed by atoms with Crippen molar-refractivity contribution in [2.75, 3.05) is 6.67 Å². The minimum atomic E-state index is -2.78. The fraction of sp³-hybridized carbons (Fsp3) is 1.00. The number of halogens is 5. The zero-order valence-electron chi connectivity index (χ0n) is 3.23. The molecule has 0 spiro atoms. The van der Waals surface area contributed by atoms with Gasteiger partial charge in [-0.05, 0) is 0 Å². The third-order valence-corrected chi connectivity index (χ3v) is 0.117. The molecule has 7 heavy (non-hydrogen) atoms. The van der Waals surface area contributed by atoms with E-state index in [2.05, 4.69) is 0 Å². The van der Waals surface area contributed by atoms with E-state index in [-0.39, 0.29) is 24.8 Å². The van der Waals surface area contributed by atoms with Crippen LogP contribution in [-0.2, 0) is 0 Å². The Kier molecular flexibility index (Phi) is 21.5. The van der Waals surface area contributed by atoms with E-state index < -0.39 is 13.1 Å². The van der Waals surface area contributed by atoms with Gasteiger partial charge < -0.3 is 0 Å². The minimum Gasteiger partial charge on any atom is -0.245 e. The summed E-state index contributed by atoms with van der Waals surface area (Å²) in [5, 5.41) is 0. The molecule has 0 heterocycles. The first kappa shape index (κ1) is 15.7. The van der Waals surface area contributed by atoms with Crippen LogP contribution in [0.15, 0.2) is 0 Å². The van der Waals surface area contributed by atoms with Crippen molar-refractivity contribution in [3.05, 3.63) is 0 Å². The lowest BCUT2D eigenvalue weighted by atomic mass is 10.8. The SMILES string of the molecule is Cl.Cl.FCC(F)F. The van der Waals surface area contributed by atoms with E-state index in [1.807, 2.05) is 0 Å². The van der Waals surface area contributed by atoms with Gasteiger partial charge in [-0.15, -0.1) is 24.8 Å². The van der Waals surface area contributed by atoms with Crippen molar-refractivity contribution in [3.63, 3.8) is 0 Å². The van der Waals surface area contributed by atoms with Crippen LogP contribution < -0.4 is 0 Å². The van der Waals surface area contributed by atoms with E-state index in [1.165, 1.54) is 0 Å². The first-order valence-corrected chi connectivity index (χ1v) is 1.11. The first-order valence-electron chi connectivity index (χ1n) is 1.11. The molecule has 0 aromatic carbocycles. The Morgan fingerprint density at radius 1 is 1.14 bits per heavy atom. The maximum Gasteiger partial charge on any atom is 0.266 e. The topological polar surface area (TPSA) is 0 Å². The normalized spacial score (nSPS) is 6.86. The van der Waals surface area contributed by atoms with E-state index in [9.17, 15) is 13.2 Å². The summed E-state index contributed by atoms with van der Waals surface area (Å²) in [5.74, 6) is 0. The molecule has 0 aliphatic rings. The predicted octanol–water partition coefficient (Wildman–Crippen LogP) is 2.06. The number of alkyl halides is 3. The molecular weight excluding hydrogens is 152 g/mol. The summed E-state index contributed by atoms with van der Waals surface area (Å²) in [6, 6.07) is 0. The van der Waals surface area contributed by atoms with Gasteiger partial charge in [0.25, 0.3) is 6.43 Å². The monoisotopic (exact) mass is 156 g/mol. The van der Waals surface area contributed by atoms with Crippen molar-refractivity contribution in [1.82, 2.24) is 0 Å². The average Bonchev–Trinajstić information content (AvgIpc) is 1.38. The van der Waals surface area contributed by atoms with Crippen LogP contribution in [-0.4, -0.2) is 13.1 Å². The Hall–Kier alpha value is 0.370. The number of rotatable bonds is 1. The molecule has 0 nitrogen and oxygen atoms in total. The van der Waals surface area contributed by atoms with Crippen LogP contribution in [0.1, 0.15) is 0 Å². The van der Waals surface area contributed by atoms with Gasteiger partial charge in [-0.25, -0.2) is 13.2 Å².